The fourth-order valence-electron chi connectivity index (χ4n) is 1.26. The van der Waals surface area contributed by atoms with Crippen LogP contribution in [0.3, 0.4) is 0 Å². The second-order valence-electron chi connectivity index (χ2n) is 3.61. The maximum absolute atomic E-state index is 11.6. The van der Waals surface area contributed by atoms with Crippen molar-refractivity contribution in [2.24, 2.45) is 5.10 Å². The fraction of sp³-hybridized carbons (Fsp3) is 0.0909. The van der Waals surface area contributed by atoms with Gasteiger partial charge in [0.15, 0.2) is 0 Å². The lowest BCUT2D eigenvalue weighted by atomic mass is 10.2. The van der Waals surface area contributed by atoms with Crippen LogP contribution in [0.4, 0.5) is 0 Å². The first-order chi connectivity index (χ1) is 9.08. The van der Waals surface area contributed by atoms with Gasteiger partial charge in [-0.15, -0.1) is 0 Å². The van der Waals surface area contributed by atoms with Gasteiger partial charge >= 0.3 is 11.6 Å². The lowest BCUT2D eigenvalue weighted by Gasteiger charge is -1.94. The Bertz CT molecular complexity index is 621. The first-order valence-corrected chi connectivity index (χ1v) is 6.02. The summed E-state index contributed by atoms with van der Waals surface area (Å²) < 4.78 is 5.24. The van der Waals surface area contributed by atoms with Crippen LogP contribution in [-0.2, 0) is 0 Å². The molecule has 1 aromatic carbocycles. The summed E-state index contributed by atoms with van der Waals surface area (Å²) in [5, 5.41) is 18.0. The number of carbonyl (C=O) groups is 1. The highest BCUT2D eigenvalue weighted by Crippen LogP contribution is 2.08. The van der Waals surface area contributed by atoms with E-state index in [1.807, 2.05) is 24.3 Å². The van der Waals surface area contributed by atoms with E-state index < -0.39 is 5.91 Å². The molecule has 0 saturated carbocycles. The fourth-order valence-corrected chi connectivity index (χ4v) is 1.53. The van der Waals surface area contributed by atoms with Gasteiger partial charge in [-0.1, -0.05) is 28.1 Å². The lowest BCUT2D eigenvalue weighted by molar-refractivity contribution is -0.806. The summed E-state index contributed by atoms with van der Waals surface area (Å²) in [7, 11) is 0. The van der Waals surface area contributed by atoms with Gasteiger partial charge in [-0.2, -0.15) is 5.10 Å². The van der Waals surface area contributed by atoms with Crippen molar-refractivity contribution in [3.8, 4) is 0 Å². The summed E-state index contributed by atoms with van der Waals surface area (Å²) in [5.41, 5.74) is 3.06. The molecule has 0 spiro atoms. The standard InChI is InChI=1S/C11H9BrN4O3/c1-7-10(15-19-16(7)18)11(17)14-13-6-8-2-4-9(12)5-3-8/h2-6H,1H3,(H,14,17)/b13-6+. The molecule has 2 rings (SSSR count). The van der Waals surface area contributed by atoms with E-state index in [4.69, 9.17) is 0 Å². The first kappa shape index (κ1) is 13.2. The molecule has 0 bridgehead atoms. The van der Waals surface area contributed by atoms with E-state index in [2.05, 4.69) is 36.2 Å². The lowest BCUT2D eigenvalue weighted by Crippen LogP contribution is -2.28. The number of halogens is 1. The van der Waals surface area contributed by atoms with Crippen molar-refractivity contribution in [1.82, 2.24) is 10.6 Å². The summed E-state index contributed by atoms with van der Waals surface area (Å²) in [6, 6.07) is 7.36. The molecule has 0 aliphatic heterocycles. The average molecular weight is 325 g/mol. The van der Waals surface area contributed by atoms with E-state index in [0.717, 1.165) is 10.0 Å². The zero-order chi connectivity index (χ0) is 13.8. The van der Waals surface area contributed by atoms with Gasteiger partial charge in [0, 0.05) is 11.4 Å². The normalized spacial score (nSPS) is 10.8. The van der Waals surface area contributed by atoms with Gasteiger partial charge in [-0.3, -0.25) is 9.42 Å². The van der Waals surface area contributed by atoms with E-state index in [9.17, 15) is 10.0 Å². The zero-order valence-electron chi connectivity index (χ0n) is 9.83. The molecule has 1 amide bonds. The molecule has 0 radical (unpaired) electrons. The third-order valence-corrected chi connectivity index (χ3v) is 2.82. The minimum atomic E-state index is -0.607. The Morgan fingerprint density at radius 1 is 1.53 bits per heavy atom. The van der Waals surface area contributed by atoms with Gasteiger partial charge in [0.05, 0.1) is 11.4 Å². The number of benzene rings is 1. The minimum absolute atomic E-state index is 0.0799. The summed E-state index contributed by atoms with van der Waals surface area (Å²) in [6.45, 7) is 1.43. The largest absolute Gasteiger partial charge is 0.359 e. The van der Waals surface area contributed by atoms with Crippen molar-refractivity contribution in [2.45, 2.75) is 6.92 Å². The second kappa shape index (κ2) is 5.61. The van der Waals surface area contributed by atoms with Crippen LogP contribution in [0.25, 0.3) is 0 Å². The molecule has 1 heterocycles. The summed E-state index contributed by atoms with van der Waals surface area (Å²) >= 11 is 3.31. The van der Waals surface area contributed by atoms with Crippen LogP contribution in [0.5, 0.6) is 0 Å². The summed E-state index contributed by atoms with van der Waals surface area (Å²) in [4.78, 5) is 11.8. The van der Waals surface area contributed by atoms with Crippen molar-refractivity contribution in [2.75, 3.05) is 0 Å². The Morgan fingerprint density at radius 3 is 2.79 bits per heavy atom. The van der Waals surface area contributed by atoms with Crippen LogP contribution in [0, 0.1) is 12.1 Å². The molecule has 19 heavy (non-hydrogen) atoms. The van der Waals surface area contributed by atoms with Gasteiger partial charge in [0.2, 0.25) is 5.69 Å². The number of hydrogen-bond donors (Lipinski definition) is 1. The molecule has 1 aromatic heterocycles. The third kappa shape index (κ3) is 3.16. The van der Waals surface area contributed by atoms with E-state index >= 15 is 0 Å². The number of nitrogens with zero attached hydrogens (tertiary/aromatic N) is 3. The zero-order valence-corrected chi connectivity index (χ0v) is 11.4. The van der Waals surface area contributed by atoms with Gasteiger partial charge in [-0.25, -0.2) is 5.43 Å². The summed E-state index contributed by atoms with van der Waals surface area (Å²) in [6.07, 6.45) is 1.48. The van der Waals surface area contributed by atoms with E-state index in [1.54, 1.807) is 0 Å². The number of hydrogen-bond acceptors (Lipinski definition) is 5. The predicted molar refractivity (Wildman–Crippen MR) is 69.4 cm³/mol. The SMILES string of the molecule is Cc1c(C(=O)N/N=C/c2ccc(Br)cc2)no[n+]1[O-]. The van der Waals surface area contributed by atoms with Crippen molar-refractivity contribution >= 4 is 28.1 Å². The molecule has 7 nitrogen and oxygen atoms in total. The number of nitrogens with one attached hydrogen (secondary N) is 1. The van der Waals surface area contributed by atoms with E-state index in [0.29, 0.717) is 0 Å². The molecular formula is C11H9BrN4O3. The molecule has 0 aliphatic carbocycles. The van der Waals surface area contributed by atoms with Crippen LogP contribution in [0.2, 0.25) is 0 Å². The van der Waals surface area contributed by atoms with E-state index in [-0.39, 0.29) is 16.3 Å². The molecular weight excluding hydrogens is 316 g/mol. The molecule has 0 saturated heterocycles. The Hall–Kier alpha value is -2.22. The quantitative estimate of drug-likeness (QED) is 0.520. The number of aromatic nitrogens is 2. The Morgan fingerprint density at radius 2 is 2.21 bits per heavy atom. The monoisotopic (exact) mass is 324 g/mol. The topological polar surface area (TPSA) is 94.4 Å². The minimum Gasteiger partial charge on any atom is -0.359 e. The third-order valence-electron chi connectivity index (χ3n) is 2.29. The van der Waals surface area contributed by atoms with Crippen molar-refractivity contribution < 1.29 is 14.3 Å². The van der Waals surface area contributed by atoms with E-state index in [1.165, 1.54) is 13.1 Å². The first-order valence-electron chi connectivity index (χ1n) is 5.23. The Kier molecular flexibility index (Phi) is 3.91. The highest BCUT2D eigenvalue weighted by atomic mass is 79.9. The Balaban J connectivity index is 2.00. The molecule has 0 fully saturated rings. The molecule has 1 N–H and O–H groups in total. The number of rotatable bonds is 3. The van der Waals surface area contributed by atoms with Crippen LogP contribution in [0.15, 0.2) is 38.5 Å². The smallest absolute Gasteiger partial charge is 0.322 e. The van der Waals surface area contributed by atoms with Gasteiger partial charge in [-0.05, 0) is 22.6 Å². The Labute approximate surface area is 116 Å². The van der Waals surface area contributed by atoms with Gasteiger partial charge in [0.1, 0.15) is 0 Å². The van der Waals surface area contributed by atoms with Crippen LogP contribution >= 0.6 is 15.9 Å². The van der Waals surface area contributed by atoms with Crippen molar-refractivity contribution in [3.63, 3.8) is 0 Å². The van der Waals surface area contributed by atoms with Gasteiger partial charge in [0.25, 0.3) is 0 Å². The van der Waals surface area contributed by atoms with Crippen LogP contribution in [-0.4, -0.2) is 17.3 Å². The second-order valence-corrected chi connectivity index (χ2v) is 4.53. The highest BCUT2D eigenvalue weighted by molar-refractivity contribution is 9.10. The molecule has 2 aromatic rings. The predicted octanol–water partition coefficient (Wildman–Crippen LogP) is 1.14. The molecule has 0 unspecified atom stereocenters. The maximum Gasteiger partial charge on any atom is 0.322 e. The van der Waals surface area contributed by atoms with Gasteiger partial charge < -0.3 is 5.21 Å². The molecule has 8 heteroatoms. The number of carbonyl (C=O) groups excluding carboxylic acids is 1. The molecule has 0 aliphatic rings. The van der Waals surface area contributed by atoms with Crippen LogP contribution in [0.1, 0.15) is 21.7 Å². The average Bonchev–Trinajstić information content (AvgIpc) is 2.72. The molecule has 98 valence electrons. The number of amides is 1. The van der Waals surface area contributed by atoms with Crippen LogP contribution < -0.4 is 10.3 Å². The highest BCUT2D eigenvalue weighted by Gasteiger charge is 2.22. The van der Waals surface area contributed by atoms with Crippen molar-refractivity contribution in [3.05, 3.63) is 50.9 Å². The molecule has 0 atom stereocenters. The number of hydrazone groups is 1. The summed E-state index contributed by atoms with van der Waals surface area (Å²) in [5.74, 6) is -0.607. The maximum atomic E-state index is 11.6. The van der Waals surface area contributed by atoms with Crippen molar-refractivity contribution in [1.29, 1.82) is 0 Å².